The third kappa shape index (κ3) is 3.68. The van der Waals surface area contributed by atoms with Crippen LogP contribution in [-0.4, -0.2) is 5.97 Å². The van der Waals surface area contributed by atoms with Gasteiger partial charge in [0.15, 0.2) is 5.38 Å². The minimum Gasteiger partial charge on any atom is -0.425 e. The summed E-state index contributed by atoms with van der Waals surface area (Å²) < 4.78 is 10.8. The van der Waals surface area contributed by atoms with Gasteiger partial charge in [-0.05, 0) is 29.3 Å². The van der Waals surface area contributed by atoms with E-state index in [0.717, 1.165) is 10.9 Å². The molecule has 4 aromatic rings. The smallest absolute Gasteiger partial charge is 0.344 e. The second-order valence-electron chi connectivity index (χ2n) is 6.21. The number of hydrogen-bond donors (Lipinski definition) is 0. The fourth-order valence-corrected chi connectivity index (χ4v) is 3.09. The normalized spacial score (nSPS) is 11.9. The first-order chi connectivity index (χ1) is 13.6. The van der Waals surface area contributed by atoms with E-state index < -0.39 is 17.0 Å². The molecule has 0 bridgehead atoms. The predicted molar refractivity (Wildman–Crippen MR) is 109 cm³/mol. The molecule has 0 saturated heterocycles. The van der Waals surface area contributed by atoms with Gasteiger partial charge in [-0.1, -0.05) is 60.7 Å². The van der Waals surface area contributed by atoms with Crippen LogP contribution in [0.15, 0.2) is 94.1 Å². The van der Waals surface area contributed by atoms with Crippen LogP contribution in [0.1, 0.15) is 10.9 Å². The Kier molecular flexibility index (Phi) is 4.96. The van der Waals surface area contributed by atoms with Crippen molar-refractivity contribution in [2.45, 2.75) is 5.38 Å². The lowest BCUT2D eigenvalue weighted by atomic mass is 10.1. The van der Waals surface area contributed by atoms with Crippen molar-refractivity contribution < 1.29 is 13.9 Å². The Morgan fingerprint density at radius 1 is 0.893 bits per heavy atom. The second kappa shape index (κ2) is 7.71. The number of rotatable bonds is 4. The van der Waals surface area contributed by atoms with E-state index in [2.05, 4.69) is 0 Å². The van der Waals surface area contributed by atoms with E-state index in [9.17, 15) is 9.59 Å². The van der Waals surface area contributed by atoms with E-state index in [0.29, 0.717) is 16.7 Å². The largest absolute Gasteiger partial charge is 0.425 e. The Hall–Kier alpha value is -3.37. The van der Waals surface area contributed by atoms with Gasteiger partial charge in [0, 0.05) is 11.5 Å². The van der Waals surface area contributed by atoms with E-state index in [1.807, 2.05) is 36.4 Å². The summed E-state index contributed by atoms with van der Waals surface area (Å²) in [5.41, 5.74) is 1.78. The lowest BCUT2D eigenvalue weighted by molar-refractivity contribution is -0.134. The minimum absolute atomic E-state index is 0.259. The zero-order chi connectivity index (χ0) is 19.5. The molecule has 0 fully saturated rings. The lowest BCUT2D eigenvalue weighted by Crippen LogP contribution is -2.14. The molecule has 1 aromatic heterocycles. The maximum Gasteiger partial charge on any atom is 0.344 e. The molecule has 0 N–H and O–H groups in total. The van der Waals surface area contributed by atoms with Crippen LogP contribution in [0.5, 0.6) is 5.75 Å². The van der Waals surface area contributed by atoms with Crippen LogP contribution in [0.4, 0.5) is 0 Å². The van der Waals surface area contributed by atoms with Gasteiger partial charge in [-0.25, -0.2) is 9.59 Å². The number of carbonyl (C=O) groups excluding carboxylic acids is 1. The molecule has 138 valence electrons. The van der Waals surface area contributed by atoms with Gasteiger partial charge >= 0.3 is 11.6 Å². The van der Waals surface area contributed by atoms with Crippen molar-refractivity contribution in [3.8, 4) is 16.9 Å². The zero-order valence-electron chi connectivity index (χ0n) is 14.7. The summed E-state index contributed by atoms with van der Waals surface area (Å²) in [7, 11) is 0. The minimum atomic E-state index is -0.927. The van der Waals surface area contributed by atoms with E-state index in [-0.39, 0.29) is 5.75 Å². The number of ether oxygens (including phenoxy) is 1. The number of fused-ring (bicyclic) bond motifs is 1. The maximum absolute atomic E-state index is 12.4. The molecule has 4 rings (SSSR count). The fraction of sp³-hybridized carbons (Fsp3) is 0.0435. The van der Waals surface area contributed by atoms with E-state index >= 15 is 0 Å². The number of benzene rings is 3. The Labute approximate surface area is 166 Å². The van der Waals surface area contributed by atoms with Crippen molar-refractivity contribution >= 4 is 28.5 Å². The van der Waals surface area contributed by atoms with Gasteiger partial charge in [0.2, 0.25) is 0 Å². The van der Waals surface area contributed by atoms with Crippen molar-refractivity contribution in [3.05, 3.63) is 101 Å². The van der Waals surface area contributed by atoms with Gasteiger partial charge in [-0.15, -0.1) is 11.6 Å². The molecule has 0 saturated carbocycles. The third-order valence-electron chi connectivity index (χ3n) is 4.31. The molecular formula is C23H15ClO4. The van der Waals surface area contributed by atoms with Crippen LogP contribution in [0.3, 0.4) is 0 Å². The van der Waals surface area contributed by atoms with Crippen LogP contribution in [0.2, 0.25) is 0 Å². The summed E-state index contributed by atoms with van der Waals surface area (Å²) >= 11 is 6.19. The summed E-state index contributed by atoms with van der Waals surface area (Å²) in [5.74, 6) is -0.342. The molecule has 0 aliphatic rings. The highest BCUT2D eigenvalue weighted by Crippen LogP contribution is 2.27. The van der Waals surface area contributed by atoms with E-state index in [4.69, 9.17) is 20.8 Å². The van der Waals surface area contributed by atoms with Crippen molar-refractivity contribution in [1.82, 2.24) is 0 Å². The Morgan fingerprint density at radius 2 is 1.57 bits per heavy atom. The standard InChI is InChI=1S/C23H15ClO4/c24-21(16-9-5-2-6-10-16)23(26)27-18-12-11-17-13-19(15-7-3-1-4-8-15)22(25)28-20(17)14-18/h1-14,21H. The molecule has 28 heavy (non-hydrogen) atoms. The summed E-state index contributed by atoms with van der Waals surface area (Å²) in [6, 6.07) is 24.9. The van der Waals surface area contributed by atoms with Crippen molar-refractivity contribution in [3.63, 3.8) is 0 Å². The molecule has 1 unspecified atom stereocenters. The predicted octanol–water partition coefficient (Wildman–Crippen LogP) is 5.35. The monoisotopic (exact) mass is 390 g/mol. The highest BCUT2D eigenvalue weighted by atomic mass is 35.5. The second-order valence-corrected chi connectivity index (χ2v) is 6.64. The quantitative estimate of drug-likeness (QED) is 0.204. The highest BCUT2D eigenvalue weighted by molar-refractivity contribution is 6.30. The first-order valence-corrected chi connectivity index (χ1v) is 9.09. The Bertz CT molecular complexity index is 1180. The average molecular weight is 391 g/mol. The topological polar surface area (TPSA) is 56.5 Å². The molecule has 5 heteroatoms. The zero-order valence-corrected chi connectivity index (χ0v) is 15.4. The average Bonchev–Trinajstić information content (AvgIpc) is 2.74. The lowest BCUT2D eigenvalue weighted by Gasteiger charge is -2.10. The van der Waals surface area contributed by atoms with Crippen molar-refractivity contribution in [2.24, 2.45) is 0 Å². The molecule has 0 aliphatic heterocycles. The number of alkyl halides is 1. The molecule has 1 atom stereocenters. The van der Waals surface area contributed by atoms with Crippen LogP contribution in [0, 0.1) is 0 Å². The maximum atomic E-state index is 12.4. The van der Waals surface area contributed by atoms with Crippen LogP contribution < -0.4 is 10.4 Å². The van der Waals surface area contributed by atoms with Crippen LogP contribution >= 0.6 is 11.6 Å². The Morgan fingerprint density at radius 3 is 2.29 bits per heavy atom. The van der Waals surface area contributed by atoms with Gasteiger partial charge in [0.05, 0.1) is 5.56 Å². The molecule has 0 amide bonds. The molecule has 0 aliphatic carbocycles. The van der Waals surface area contributed by atoms with Gasteiger partial charge in [0.1, 0.15) is 11.3 Å². The van der Waals surface area contributed by atoms with Gasteiger partial charge in [-0.2, -0.15) is 0 Å². The number of hydrogen-bond acceptors (Lipinski definition) is 4. The summed E-state index contributed by atoms with van der Waals surface area (Å²) in [5, 5.41) is -0.201. The van der Waals surface area contributed by atoms with Gasteiger partial charge < -0.3 is 9.15 Å². The van der Waals surface area contributed by atoms with Crippen molar-refractivity contribution in [1.29, 1.82) is 0 Å². The van der Waals surface area contributed by atoms with Crippen LogP contribution in [0.25, 0.3) is 22.1 Å². The molecule has 0 radical (unpaired) electrons. The summed E-state index contributed by atoms with van der Waals surface area (Å²) in [6.07, 6.45) is 0. The summed E-state index contributed by atoms with van der Waals surface area (Å²) in [4.78, 5) is 24.7. The molecule has 1 heterocycles. The number of carbonyl (C=O) groups is 1. The third-order valence-corrected chi connectivity index (χ3v) is 4.74. The molecule has 3 aromatic carbocycles. The van der Waals surface area contributed by atoms with E-state index in [1.165, 1.54) is 6.07 Å². The summed E-state index contributed by atoms with van der Waals surface area (Å²) in [6.45, 7) is 0. The number of halogens is 1. The first kappa shape index (κ1) is 18.0. The fourth-order valence-electron chi connectivity index (χ4n) is 2.90. The highest BCUT2D eigenvalue weighted by Gasteiger charge is 2.20. The Balaban J connectivity index is 1.62. The number of esters is 1. The molecule has 0 spiro atoms. The first-order valence-electron chi connectivity index (χ1n) is 8.66. The van der Waals surface area contributed by atoms with Crippen LogP contribution in [-0.2, 0) is 4.79 Å². The molecular weight excluding hydrogens is 376 g/mol. The van der Waals surface area contributed by atoms with Gasteiger partial charge in [0.25, 0.3) is 0 Å². The SMILES string of the molecule is O=C(Oc1ccc2cc(-c3ccccc3)c(=O)oc2c1)C(Cl)c1ccccc1. The van der Waals surface area contributed by atoms with Gasteiger partial charge in [-0.3, -0.25) is 0 Å². The van der Waals surface area contributed by atoms with Crippen molar-refractivity contribution in [2.75, 3.05) is 0 Å². The van der Waals surface area contributed by atoms with E-state index in [1.54, 1.807) is 42.5 Å². The molecule has 4 nitrogen and oxygen atoms in total.